The Morgan fingerprint density at radius 3 is 2.59 bits per heavy atom. The van der Waals surface area contributed by atoms with Crippen LogP contribution in [0, 0.1) is 6.92 Å². The maximum Gasteiger partial charge on any atom is 0.326 e. The molecule has 2 aromatic rings. The smallest absolute Gasteiger partial charge is 0.326 e. The van der Waals surface area contributed by atoms with Crippen molar-refractivity contribution in [1.82, 2.24) is 4.90 Å². The van der Waals surface area contributed by atoms with E-state index in [0.29, 0.717) is 25.1 Å². The van der Waals surface area contributed by atoms with Gasteiger partial charge >= 0.3 is 5.97 Å². The second-order valence-electron chi connectivity index (χ2n) is 6.50. The van der Waals surface area contributed by atoms with E-state index >= 15 is 0 Å². The van der Waals surface area contributed by atoms with Crippen molar-refractivity contribution in [3.63, 3.8) is 0 Å². The molecular weight excluding hydrogens is 368 g/mol. The maximum atomic E-state index is 12.7. The molecule has 1 aliphatic rings. The van der Waals surface area contributed by atoms with Gasteiger partial charge in [-0.1, -0.05) is 18.2 Å². The lowest BCUT2D eigenvalue weighted by Gasteiger charge is -2.21. The van der Waals surface area contributed by atoms with Crippen molar-refractivity contribution in [2.24, 2.45) is 0 Å². The first-order valence-corrected chi connectivity index (χ1v) is 9.99. The number of amides is 1. The number of likely N-dealkylation sites (tertiary alicyclic amines) is 1. The number of anilines is 1. The molecule has 142 valence electrons. The minimum absolute atomic E-state index is 0.0547. The van der Waals surface area contributed by atoms with Crippen LogP contribution in [0.15, 0.2) is 53.4 Å². The zero-order valence-electron chi connectivity index (χ0n) is 14.8. The first-order valence-electron chi connectivity index (χ1n) is 8.51. The molecule has 7 nitrogen and oxygen atoms in total. The highest BCUT2D eigenvalue weighted by atomic mass is 32.2. The molecule has 3 rings (SSSR count). The molecule has 1 heterocycles. The van der Waals surface area contributed by atoms with Crippen LogP contribution in [0.25, 0.3) is 0 Å². The van der Waals surface area contributed by atoms with Gasteiger partial charge in [0.2, 0.25) is 0 Å². The quantitative estimate of drug-likeness (QED) is 0.819. The zero-order chi connectivity index (χ0) is 19.6. The lowest BCUT2D eigenvalue weighted by molar-refractivity contribution is -0.141. The van der Waals surface area contributed by atoms with Gasteiger partial charge in [0.05, 0.1) is 4.90 Å². The number of hydrogen-bond acceptors (Lipinski definition) is 4. The van der Waals surface area contributed by atoms with Crippen LogP contribution >= 0.6 is 0 Å². The van der Waals surface area contributed by atoms with Gasteiger partial charge in [-0.3, -0.25) is 9.52 Å². The van der Waals surface area contributed by atoms with Gasteiger partial charge in [-0.25, -0.2) is 13.2 Å². The SMILES string of the molecule is Cc1cccc(NS(=O)(=O)c2cccc(C(=O)N3CCCC3C(=O)O)c2)c1. The Labute approximate surface area is 157 Å². The number of nitrogens with zero attached hydrogens (tertiary/aromatic N) is 1. The number of carbonyl (C=O) groups excluding carboxylic acids is 1. The summed E-state index contributed by atoms with van der Waals surface area (Å²) in [6.45, 7) is 2.19. The lowest BCUT2D eigenvalue weighted by atomic mass is 10.1. The van der Waals surface area contributed by atoms with Gasteiger partial charge in [0.15, 0.2) is 0 Å². The average molecular weight is 388 g/mol. The van der Waals surface area contributed by atoms with Crippen molar-refractivity contribution in [2.75, 3.05) is 11.3 Å². The van der Waals surface area contributed by atoms with Crippen molar-refractivity contribution in [3.05, 3.63) is 59.7 Å². The first-order chi connectivity index (χ1) is 12.8. The summed E-state index contributed by atoms with van der Waals surface area (Å²) in [5.41, 5.74) is 1.49. The Bertz CT molecular complexity index is 987. The van der Waals surface area contributed by atoms with E-state index in [1.54, 1.807) is 18.2 Å². The molecule has 1 saturated heterocycles. The third kappa shape index (κ3) is 4.11. The normalized spacial score (nSPS) is 16.9. The van der Waals surface area contributed by atoms with E-state index in [-0.39, 0.29) is 10.5 Å². The average Bonchev–Trinajstić information content (AvgIpc) is 3.11. The fourth-order valence-corrected chi connectivity index (χ4v) is 4.25. The Balaban J connectivity index is 1.86. The standard InChI is InChI=1S/C19H20N2O5S/c1-13-5-2-7-15(11-13)20-27(25,26)16-8-3-6-14(12-16)18(22)21-10-4-9-17(21)19(23)24/h2-3,5-8,11-12,17,20H,4,9-10H2,1H3,(H,23,24). The predicted octanol–water partition coefficient (Wildman–Crippen LogP) is 2.49. The number of carboxylic acid groups (broad SMARTS) is 1. The third-order valence-corrected chi connectivity index (χ3v) is 5.84. The van der Waals surface area contributed by atoms with Gasteiger partial charge < -0.3 is 10.0 Å². The number of rotatable bonds is 5. The van der Waals surface area contributed by atoms with Gasteiger partial charge in [-0.05, 0) is 55.7 Å². The van der Waals surface area contributed by atoms with Crippen LogP contribution in [-0.2, 0) is 14.8 Å². The molecule has 1 aliphatic heterocycles. The summed E-state index contributed by atoms with van der Waals surface area (Å²) in [7, 11) is -3.88. The fraction of sp³-hybridized carbons (Fsp3) is 0.263. The molecule has 0 saturated carbocycles. The van der Waals surface area contributed by atoms with E-state index < -0.39 is 27.9 Å². The van der Waals surface area contributed by atoms with Gasteiger partial charge in [0, 0.05) is 17.8 Å². The van der Waals surface area contributed by atoms with Crippen LogP contribution in [0.1, 0.15) is 28.8 Å². The highest BCUT2D eigenvalue weighted by Gasteiger charge is 2.34. The summed E-state index contributed by atoms with van der Waals surface area (Å²) in [6, 6.07) is 11.7. The monoisotopic (exact) mass is 388 g/mol. The molecule has 1 amide bonds. The largest absolute Gasteiger partial charge is 0.480 e. The Morgan fingerprint density at radius 2 is 1.89 bits per heavy atom. The third-order valence-electron chi connectivity index (χ3n) is 4.46. The first kappa shape index (κ1) is 18.9. The fourth-order valence-electron chi connectivity index (χ4n) is 3.15. The van der Waals surface area contributed by atoms with E-state index in [0.717, 1.165) is 5.56 Å². The number of carbonyl (C=O) groups is 2. The molecule has 1 atom stereocenters. The number of aryl methyl sites for hydroxylation is 1. The minimum atomic E-state index is -3.88. The Kier molecular flexibility index (Phi) is 5.18. The molecule has 0 spiro atoms. The second-order valence-corrected chi connectivity index (χ2v) is 8.18. The van der Waals surface area contributed by atoms with Crippen molar-refractivity contribution in [3.8, 4) is 0 Å². The summed E-state index contributed by atoms with van der Waals surface area (Å²) >= 11 is 0. The van der Waals surface area contributed by atoms with Crippen molar-refractivity contribution in [2.45, 2.75) is 30.7 Å². The number of sulfonamides is 1. The Hall–Kier alpha value is -2.87. The van der Waals surface area contributed by atoms with Crippen molar-refractivity contribution in [1.29, 1.82) is 0 Å². The van der Waals surface area contributed by atoms with E-state index in [9.17, 15) is 23.1 Å². The van der Waals surface area contributed by atoms with Crippen LogP contribution in [0.4, 0.5) is 5.69 Å². The van der Waals surface area contributed by atoms with E-state index in [2.05, 4.69) is 4.72 Å². The van der Waals surface area contributed by atoms with Crippen LogP contribution < -0.4 is 4.72 Å². The molecule has 0 aliphatic carbocycles. The van der Waals surface area contributed by atoms with Gasteiger partial charge in [-0.2, -0.15) is 0 Å². The van der Waals surface area contributed by atoms with Crippen LogP contribution in [0.5, 0.6) is 0 Å². The van der Waals surface area contributed by atoms with Gasteiger partial charge in [0.1, 0.15) is 6.04 Å². The molecular formula is C19H20N2O5S. The zero-order valence-corrected chi connectivity index (χ0v) is 15.6. The molecule has 0 radical (unpaired) electrons. The van der Waals surface area contributed by atoms with E-state index in [1.165, 1.54) is 29.2 Å². The summed E-state index contributed by atoms with van der Waals surface area (Å²) in [5.74, 6) is -1.53. The van der Waals surface area contributed by atoms with Crippen LogP contribution in [0.3, 0.4) is 0 Å². The van der Waals surface area contributed by atoms with Crippen molar-refractivity contribution >= 4 is 27.6 Å². The van der Waals surface area contributed by atoms with E-state index in [4.69, 9.17) is 0 Å². The van der Waals surface area contributed by atoms with Gasteiger partial charge in [0.25, 0.3) is 15.9 Å². The highest BCUT2D eigenvalue weighted by Crippen LogP contribution is 2.23. The summed E-state index contributed by atoms with van der Waals surface area (Å²) in [5, 5.41) is 9.25. The number of hydrogen-bond donors (Lipinski definition) is 2. The maximum absolute atomic E-state index is 12.7. The van der Waals surface area contributed by atoms with Crippen molar-refractivity contribution < 1.29 is 23.1 Å². The van der Waals surface area contributed by atoms with Crippen LogP contribution in [-0.4, -0.2) is 42.9 Å². The molecule has 8 heteroatoms. The van der Waals surface area contributed by atoms with Gasteiger partial charge in [-0.15, -0.1) is 0 Å². The van der Waals surface area contributed by atoms with Crippen LogP contribution in [0.2, 0.25) is 0 Å². The molecule has 1 unspecified atom stereocenters. The number of nitrogens with one attached hydrogen (secondary N) is 1. The minimum Gasteiger partial charge on any atom is -0.480 e. The molecule has 1 fully saturated rings. The molecule has 0 aromatic heterocycles. The molecule has 2 aromatic carbocycles. The summed E-state index contributed by atoms with van der Waals surface area (Å²) in [4.78, 5) is 25.2. The van der Waals surface area contributed by atoms with E-state index in [1.807, 2.05) is 13.0 Å². The molecule has 2 N–H and O–H groups in total. The lowest BCUT2D eigenvalue weighted by Crippen LogP contribution is -2.40. The summed E-state index contributed by atoms with van der Waals surface area (Å²) < 4.78 is 27.8. The second kappa shape index (κ2) is 7.40. The molecule has 27 heavy (non-hydrogen) atoms. The topological polar surface area (TPSA) is 104 Å². The number of aliphatic carboxylic acids is 1. The number of carboxylic acids is 1. The number of benzene rings is 2. The Morgan fingerprint density at radius 1 is 1.15 bits per heavy atom. The predicted molar refractivity (Wildman–Crippen MR) is 100 cm³/mol. The highest BCUT2D eigenvalue weighted by molar-refractivity contribution is 7.92. The molecule has 0 bridgehead atoms. The summed E-state index contributed by atoms with van der Waals surface area (Å²) in [6.07, 6.45) is 1.00.